The lowest BCUT2D eigenvalue weighted by Gasteiger charge is -2.03. The van der Waals surface area contributed by atoms with Crippen LogP contribution in [0.25, 0.3) is 10.2 Å². The first-order valence-corrected chi connectivity index (χ1v) is 8.13. The van der Waals surface area contributed by atoms with Gasteiger partial charge >= 0.3 is 0 Å². The molecule has 0 saturated heterocycles. The maximum absolute atomic E-state index is 12.1. The van der Waals surface area contributed by atoms with Crippen LogP contribution in [-0.4, -0.2) is 17.7 Å². The average molecular weight is 326 g/mol. The van der Waals surface area contributed by atoms with Crippen molar-refractivity contribution in [2.75, 3.05) is 12.1 Å². The summed E-state index contributed by atoms with van der Waals surface area (Å²) in [6.45, 7) is 0.261. The van der Waals surface area contributed by atoms with Crippen LogP contribution in [0.2, 0.25) is 0 Å². The first-order valence-electron chi connectivity index (χ1n) is 7.32. The fraction of sp³-hybridized carbons (Fsp3) is 0.176. The molecule has 1 aliphatic rings. The average Bonchev–Trinajstić information content (AvgIpc) is 3.18. The molecule has 0 fully saturated rings. The normalized spacial score (nSPS) is 12.5. The quantitative estimate of drug-likeness (QED) is 0.796. The van der Waals surface area contributed by atoms with E-state index in [0.29, 0.717) is 18.0 Å². The van der Waals surface area contributed by atoms with Gasteiger partial charge in [0.2, 0.25) is 12.7 Å². The molecule has 1 amide bonds. The Morgan fingerprint density at radius 1 is 1.17 bits per heavy atom. The van der Waals surface area contributed by atoms with E-state index in [-0.39, 0.29) is 12.7 Å². The van der Waals surface area contributed by atoms with Gasteiger partial charge < -0.3 is 14.8 Å². The van der Waals surface area contributed by atoms with E-state index >= 15 is 0 Å². The van der Waals surface area contributed by atoms with Gasteiger partial charge in [0.15, 0.2) is 16.6 Å². The number of fused-ring (bicyclic) bond motifs is 2. The Balaban J connectivity index is 1.38. The molecule has 0 atom stereocenters. The Morgan fingerprint density at radius 2 is 2.04 bits per heavy atom. The molecule has 116 valence electrons. The van der Waals surface area contributed by atoms with Gasteiger partial charge in [-0.3, -0.25) is 4.79 Å². The van der Waals surface area contributed by atoms with E-state index in [2.05, 4.69) is 10.3 Å². The lowest BCUT2D eigenvalue weighted by atomic mass is 10.1. The highest BCUT2D eigenvalue weighted by atomic mass is 32.1. The van der Waals surface area contributed by atoms with Crippen molar-refractivity contribution in [3.8, 4) is 11.5 Å². The van der Waals surface area contributed by atoms with E-state index < -0.39 is 0 Å². The molecular formula is C17H14N2O3S. The lowest BCUT2D eigenvalue weighted by Crippen LogP contribution is -2.12. The third kappa shape index (κ3) is 2.98. The highest BCUT2D eigenvalue weighted by Gasteiger charge is 2.14. The number of amides is 1. The lowest BCUT2D eigenvalue weighted by molar-refractivity contribution is -0.116. The van der Waals surface area contributed by atoms with Gasteiger partial charge in [0.25, 0.3) is 0 Å². The number of thiazole rings is 1. The number of nitrogens with zero attached hydrogens (tertiary/aromatic N) is 1. The van der Waals surface area contributed by atoms with Gasteiger partial charge in [-0.15, -0.1) is 0 Å². The van der Waals surface area contributed by atoms with Crippen molar-refractivity contribution in [1.82, 2.24) is 4.98 Å². The monoisotopic (exact) mass is 326 g/mol. The standard InChI is InChI=1S/C17H14N2O3S/c20-16(19-17-18-12-3-1-2-4-15(12)23-17)8-6-11-5-7-13-14(9-11)22-10-21-13/h1-5,7,9H,6,8,10H2,(H,18,19,20). The fourth-order valence-electron chi connectivity index (χ4n) is 2.46. The topological polar surface area (TPSA) is 60.5 Å². The Kier molecular flexibility index (Phi) is 3.59. The molecule has 23 heavy (non-hydrogen) atoms. The highest BCUT2D eigenvalue weighted by molar-refractivity contribution is 7.22. The van der Waals surface area contributed by atoms with Gasteiger partial charge in [-0.2, -0.15) is 0 Å². The summed E-state index contributed by atoms with van der Waals surface area (Å²) in [5.41, 5.74) is 1.96. The number of aryl methyl sites for hydroxylation is 1. The van der Waals surface area contributed by atoms with Crippen LogP contribution in [0.4, 0.5) is 5.13 Å². The maximum atomic E-state index is 12.1. The number of hydrogen-bond acceptors (Lipinski definition) is 5. The zero-order valence-electron chi connectivity index (χ0n) is 12.2. The van der Waals surface area contributed by atoms with Crippen molar-refractivity contribution in [2.24, 2.45) is 0 Å². The largest absolute Gasteiger partial charge is 0.454 e. The summed E-state index contributed by atoms with van der Waals surface area (Å²) in [6.07, 6.45) is 1.04. The number of carbonyl (C=O) groups excluding carboxylic acids is 1. The molecule has 0 aliphatic carbocycles. The second kappa shape index (κ2) is 5.89. The molecule has 1 aromatic heterocycles. The van der Waals surface area contributed by atoms with Crippen LogP contribution in [0.1, 0.15) is 12.0 Å². The minimum Gasteiger partial charge on any atom is -0.454 e. The number of ether oxygens (including phenoxy) is 2. The van der Waals surface area contributed by atoms with Crippen molar-refractivity contribution in [2.45, 2.75) is 12.8 Å². The van der Waals surface area contributed by atoms with Crippen molar-refractivity contribution >= 4 is 32.6 Å². The second-order valence-corrected chi connectivity index (χ2v) is 6.25. The van der Waals surface area contributed by atoms with E-state index in [9.17, 15) is 4.79 Å². The Morgan fingerprint density at radius 3 is 2.96 bits per heavy atom. The summed E-state index contributed by atoms with van der Waals surface area (Å²) < 4.78 is 11.7. The van der Waals surface area contributed by atoms with Crippen LogP contribution < -0.4 is 14.8 Å². The van der Waals surface area contributed by atoms with E-state index in [1.807, 2.05) is 42.5 Å². The third-order valence-electron chi connectivity index (χ3n) is 3.62. The first-order chi connectivity index (χ1) is 11.3. The minimum absolute atomic E-state index is 0.0401. The van der Waals surface area contributed by atoms with Crippen LogP contribution in [-0.2, 0) is 11.2 Å². The molecule has 3 aromatic rings. The number of rotatable bonds is 4. The van der Waals surface area contributed by atoms with Crippen molar-refractivity contribution in [1.29, 1.82) is 0 Å². The highest BCUT2D eigenvalue weighted by Crippen LogP contribution is 2.32. The first kappa shape index (κ1) is 14.0. The van der Waals surface area contributed by atoms with Crippen LogP contribution >= 0.6 is 11.3 Å². The summed E-state index contributed by atoms with van der Waals surface area (Å²) in [5.74, 6) is 1.46. The van der Waals surface area contributed by atoms with Crippen LogP contribution in [0, 0.1) is 0 Å². The number of nitrogens with one attached hydrogen (secondary N) is 1. The number of anilines is 1. The van der Waals surface area contributed by atoms with Gasteiger partial charge in [0.1, 0.15) is 0 Å². The molecule has 4 rings (SSSR count). The van der Waals surface area contributed by atoms with Crippen LogP contribution in [0.3, 0.4) is 0 Å². The molecule has 2 aromatic carbocycles. The summed E-state index contributed by atoms with van der Waals surface area (Å²) >= 11 is 1.48. The molecule has 1 N–H and O–H groups in total. The number of aromatic nitrogens is 1. The van der Waals surface area contributed by atoms with Crippen molar-refractivity contribution < 1.29 is 14.3 Å². The summed E-state index contributed by atoms with van der Waals surface area (Å²) in [5, 5.41) is 3.51. The van der Waals surface area contributed by atoms with Gasteiger partial charge in [0.05, 0.1) is 10.2 Å². The molecule has 6 heteroatoms. The van der Waals surface area contributed by atoms with E-state index in [4.69, 9.17) is 9.47 Å². The predicted octanol–water partition coefficient (Wildman–Crippen LogP) is 3.60. The van der Waals surface area contributed by atoms with Crippen LogP contribution in [0.5, 0.6) is 11.5 Å². The number of para-hydroxylation sites is 1. The molecule has 2 heterocycles. The van der Waals surface area contributed by atoms with Gasteiger partial charge in [-0.25, -0.2) is 4.98 Å². The zero-order valence-corrected chi connectivity index (χ0v) is 13.1. The number of hydrogen-bond donors (Lipinski definition) is 1. The van der Waals surface area contributed by atoms with Gasteiger partial charge in [-0.05, 0) is 36.2 Å². The Bertz CT molecular complexity index is 842. The Labute approximate surface area is 136 Å². The molecule has 1 aliphatic heterocycles. The van der Waals surface area contributed by atoms with Gasteiger partial charge in [0, 0.05) is 6.42 Å². The van der Waals surface area contributed by atoms with Crippen LogP contribution in [0.15, 0.2) is 42.5 Å². The van der Waals surface area contributed by atoms with Crippen molar-refractivity contribution in [3.63, 3.8) is 0 Å². The fourth-order valence-corrected chi connectivity index (χ4v) is 3.34. The summed E-state index contributed by atoms with van der Waals surface area (Å²) in [6, 6.07) is 13.6. The number of benzene rings is 2. The molecule has 0 unspecified atom stereocenters. The van der Waals surface area contributed by atoms with E-state index in [1.54, 1.807) is 0 Å². The number of carbonyl (C=O) groups is 1. The van der Waals surface area contributed by atoms with E-state index in [1.165, 1.54) is 11.3 Å². The molecule has 0 bridgehead atoms. The SMILES string of the molecule is O=C(CCc1ccc2c(c1)OCO2)Nc1nc2ccccc2s1. The summed E-state index contributed by atoms with van der Waals surface area (Å²) in [4.78, 5) is 16.5. The van der Waals surface area contributed by atoms with Gasteiger partial charge in [-0.1, -0.05) is 29.5 Å². The molecule has 0 saturated carbocycles. The molecule has 5 nitrogen and oxygen atoms in total. The maximum Gasteiger partial charge on any atom is 0.231 e. The Hall–Kier alpha value is -2.60. The molecule has 0 spiro atoms. The summed E-state index contributed by atoms with van der Waals surface area (Å²) in [7, 11) is 0. The van der Waals surface area contributed by atoms with Crippen molar-refractivity contribution in [3.05, 3.63) is 48.0 Å². The molecule has 0 radical (unpaired) electrons. The van der Waals surface area contributed by atoms with E-state index in [0.717, 1.165) is 27.3 Å². The predicted molar refractivity (Wildman–Crippen MR) is 89.1 cm³/mol. The zero-order chi connectivity index (χ0) is 15.6. The third-order valence-corrected chi connectivity index (χ3v) is 4.57. The second-order valence-electron chi connectivity index (χ2n) is 5.22. The smallest absolute Gasteiger partial charge is 0.231 e. The molecular weight excluding hydrogens is 312 g/mol. The minimum atomic E-state index is -0.0401.